The monoisotopic (exact) mass is 348 g/mol. The Kier molecular flexibility index (Phi) is 4.18. The summed E-state index contributed by atoms with van der Waals surface area (Å²) in [4.78, 5) is 9.13. The first-order valence-electron chi connectivity index (χ1n) is 8.21. The number of halogens is 1. The lowest BCUT2D eigenvalue weighted by molar-refractivity contribution is 0.627. The lowest BCUT2D eigenvalue weighted by atomic mass is 10.2. The van der Waals surface area contributed by atoms with E-state index in [9.17, 15) is 4.39 Å². The normalized spacial score (nSPS) is 10.8. The highest BCUT2D eigenvalue weighted by Gasteiger charge is 2.09. The van der Waals surface area contributed by atoms with Crippen molar-refractivity contribution in [3.63, 3.8) is 0 Å². The fraction of sp³-hybridized carbons (Fsp3) is 0.105. The van der Waals surface area contributed by atoms with Crippen LogP contribution in [0.1, 0.15) is 11.3 Å². The maximum absolute atomic E-state index is 13.0. The summed E-state index contributed by atoms with van der Waals surface area (Å²) in [5.74, 6) is 1.60. The number of para-hydroxylation sites is 1. The molecule has 0 unspecified atom stereocenters. The molecular weight excluding hydrogens is 331 g/mol. The molecule has 2 heterocycles. The minimum absolute atomic E-state index is 0.253. The number of hydrogen-bond donors (Lipinski definition) is 3. The summed E-state index contributed by atoms with van der Waals surface area (Å²) in [5, 5.41) is 14.4. The van der Waals surface area contributed by atoms with Gasteiger partial charge in [0.05, 0.1) is 5.52 Å². The highest BCUT2D eigenvalue weighted by molar-refractivity contribution is 5.91. The predicted molar refractivity (Wildman–Crippen MR) is 99.9 cm³/mol. The SMILES string of the molecule is Cc1cc(Nc2nc(NCc3ccc(F)cc3)nc3ccccc23)n[nH]1. The number of nitrogens with one attached hydrogen (secondary N) is 3. The molecule has 4 aromatic rings. The summed E-state index contributed by atoms with van der Waals surface area (Å²) >= 11 is 0. The fourth-order valence-corrected chi connectivity index (χ4v) is 2.64. The summed E-state index contributed by atoms with van der Waals surface area (Å²) < 4.78 is 13.0. The lowest BCUT2D eigenvalue weighted by Gasteiger charge is -2.10. The molecule has 130 valence electrons. The van der Waals surface area contributed by atoms with Crippen LogP contribution in [0.4, 0.5) is 22.0 Å². The van der Waals surface area contributed by atoms with E-state index in [0.717, 1.165) is 22.2 Å². The molecule has 2 aromatic heterocycles. The van der Waals surface area contributed by atoms with E-state index in [4.69, 9.17) is 0 Å². The first-order chi connectivity index (χ1) is 12.7. The van der Waals surface area contributed by atoms with Crippen LogP contribution in [0.5, 0.6) is 0 Å². The Bertz CT molecular complexity index is 1040. The zero-order valence-corrected chi connectivity index (χ0v) is 14.1. The maximum atomic E-state index is 13.0. The van der Waals surface area contributed by atoms with Crippen LogP contribution in [0, 0.1) is 12.7 Å². The van der Waals surface area contributed by atoms with Crippen molar-refractivity contribution in [3.05, 3.63) is 71.7 Å². The van der Waals surface area contributed by atoms with E-state index in [1.54, 1.807) is 12.1 Å². The number of anilines is 3. The van der Waals surface area contributed by atoms with Gasteiger partial charge in [0.1, 0.15) is 11.6 Å². The molecule has 0 aliphatic heterocycles. The first kappa shape index (κ1) is 16.0. The number of aromatic amines is 1. The number of aromatic nitrogens is 4. The number of fused-ring (bicyclic) bond motifs is 1. The maximum Gasteiger partial charge on any atom is 0.225 e. The van der Waals surface area contributed by atoms with Crippen molar-refractivity contribution in [2.45, 2.75) is 13.5 Å². The summed E-state index contributed by atoms with van der Waals surface area (Å²) in [7, 11) is 0. The van der Waals surface area contributed by atoms with Crippen LogP contribution in [-0.2, 0) is 6.54 Å². The van der Waals surface area contributed by atoms with Gasteiger partial charge in [-0.25, -0.2) is 9.37 Å². The largest absolute Gasteiger partial charge is 0.350 e. The van der Waals surface area contributed by atoms with E-state index in [2.05, 4.69) is 30.8 Å². The number of rotatable bonds is 5. The van der Waals surface area contributed by atoms with E-state index in [1.165, 1.54) is 12.1 Å². The van der Waals surface area contributed by atoms with Crippen molar-refractivity contribution in [2.24, 2.45) is 0 Å². The van der Waals surface area contributed by atoms with Crippen LogP contribution < -0.4 is 10.6 Å². The zero-order valence-electron chi connectivity index (χ0n) is 14.1. The van der Waals surface area contributed by atoms with Gasteiger partial charge in [-0.3, -0.25) is 5.10 Å². The third-order valence-corrected chi connectivity index (χ3v) is 3.92. The Hall–Kier alpha value is -3.48. The van der Waals surface area contributed by atoms with E-state index < -0.39 is 0 Å². The van der Waals surface area contributed by atoms with E-state index in [1.807, 2.05) is 37.3 Å². The van der Waals surface area contributed by atoms with Gasteiger partial charge in [0.25, 0.3) is 0 Å². The minimum Gasteiger partial charge on any atom is -0.350 e. The van der Waals surface area contributed by atoms with Crippen LogP contribution in [0.2, 0.25) is 0 Å². The van der Waals surface area contributed by atoms with E-state index in [-0.39, 0.29) is 5.82 Å². The summed E-state index contributed by atoms with van der Waals surface area (Å²) in [6, 6.07) is 16.0. The van der Waals surface area contributed by atoms with Crippen molar-refractivity contribution in [2.75, 3.05) is 10.6 Å². The Labute approximate surface area is 149 Å². The number of nitrogens with zero attached hydrogens (tertiary/aromatic N) is 3. The summed E-state index contributed by atoms with van der Waals surface area (Å²) in [6.45, 7) is 2.44. The van der Waals surface area contributed by atoms with Gasteiger partial charge in [-0.1, -0.05) is 24.3 Å². The minimum atomic E-state index is -0.253. The number of benzene rings is 2. The van der Waals surface area contributed by atoms with Gasteiger partial charge < -0.3 is 10.6 Å². The van der Waals surface area contributed by atoms with E-state index in [0.29, 0.717) is 24.1 Å². The highest BCUT2D eigenvalue weighted by Crippen LogP contribution is 2.24. The molecule has 3 N–H and O–H groups in total. The quantitative estimate of drug-likeness (QED) is 0.505. The van der Waals surface area contributed by atoms with Gasteiger partial charge in [0.15, 0.2) is 5.82 Å². The molecule has 0 spiro atoms. The topological polar surface area (TPSA) is 78.5 Å². The molecule has 26 heavy (non-hydrogen) atoms. The van der Waals surface area contributed by atoms with Crippen molar-refractivity contribution in [1.82, 2.24) is 20.2 Å². The zero-order chi connectivity index (χ0) is 17.9. The smallest absolute Gasteiger partial charge is 0.225 e. The first-order valence-corrected chi connectivity index (χ1v) is 8.21. The Morgan fingerprint density at radius 1 is 1.04 bits per heavy atom. The number of H-pyrrole nitrogens is 1. The number of aryl methyl sites for hydroxylation is 1. The van der Waals surface area contributed by atoms with Crippen LogP contribution in [-0.4, -0.2) is 20.2 Å². The van der Waals surface area contributed by atoms with Gasteiger partial charge in [-0.2, -0.15) is 10.1 Å². The Balaban J connectivity index is 1.63. The molecule has 0 aliphatic rings. The van der Waals surface area contributed by atoms with Crippen molar-refractivity contribution in [1.29, 1.82) is 0 Å². The standard InChI is InChI=1S/C19H17FN6/c1-12-10-17(26-25-12)23-18-15-4-2-3-5-16(15)22-19(24-18)21-11-13-6-8-14(20)9-7-13/h2-10H,11H2,1H3,(H3,21,22,23,24,25,26). The molecule has 0 amide bonds. The molecule has 0 fully saturated rings. The molecule has 7 heteroatoms. The van der Waals surface area contributed by atoms with Gasteiger partial charge in [0.2, 0.25) is 5.95 Å². The molecule has 0 aliphatic carbocycles. The fourth-order valence-electron chi connectivity index (χ4n) is 2.64. The Morgan fingerprint density at radius 2 is 1.85 bits per heavy atom. The van der Waals surface area contributed by atoms with Crippen LogP contribution in [0.3, 0.4) is 0 Å². The van der Waals surface area contributed by atoms with Crippen LogP contribution in [0.15, 0.2) is 54.6 Å². The van der Waals surface area contributed by atoms with Crippen LogP contribution in [0.25, 0.3) is 10.9 Å². The van der Waals surface area contributed by atoms with Gasteiger partial charge in [-0.05, 0) is 36.8 Å². The van der Waals surface area contributed by atoms with Crippen molar-refractivity contribution in [3.8, 4) is 0 Å². The third kappa shape index (κ3) is 3.46. The summed E-state index contributed by atoms with van der Waals surface area (Å²) in [5.41, 5.74) is 2.72. The molecule has 2 aromatic carbocycles. The van der Waals surface area contributed by atoms with Gasteiger partial charge >= 0.3 is 0 Å². The molecule has 0 radical (unpaired) electrons. The average Bonchev–Trinajstić information content (AvgIpc) is 3.06. The van der Waals surface area contributed by atoms with E-state index >= 15 is 0 Å². The van der Waals surface area contributed by atoms with Crippen LogP contribution >= 0.6 is 0 Å². The lowest BCUT2D eigenvalue weighted by Crippen LogP contribution is -2.06. The van der Waals surface area contributed by atoms with Crippen molar-refractivity contribution < 1.29 is 4.39 Å². The predicted octanol–water partition coefficient (Wildman–Crippen LogP) is 4.16. The molecular formula is C19H17FN6. The summed E-state index contributed by atoms with van der Waals surface area (Å²) in [6.07, 6.45) is 0. The molecule has 0 bridgehead atoms. The number of hydrogen-bond acceptors (Lipinski definition) is 5. The second-order valence-electron chi connectivity index (χ2n) is 5.95. The third-order valence-electron chi connectivity index (χ3n) is 3.92. The average molecular weight is 348 g/mol. The van der Waals surface area contributed by atoms with Gasteiger partial charge in [0, 0.05) is 23.7 Å². The second-order valence-corrected chi connectivity index (χ2v) is 5.95. The highest BCUT2D eigenvalue weighted by atomic mass is 19.1. The Morgan fingerprint density at radius 3 is 2.62 bits per heavy atom. The van der Waals surface area contributed by atoms with Crippen molar-refractivity contribution >= 4 is 28.5 Å². The molecule has 0 saturated carbocycles. The van der Waals surface area contributed by atoms with Gasteiger partial charge in [-0.15, -0.1) is 0 Å². The molecule has 6 nitrogen and oxygen atoms in total. The molecule has 4 rings (SSSR count). The molecule has 0 atom stereocenters. The second kappa shape index (κ2) is 6.79. The molecule has 0 saturated heterocycles.